The number of nitrogens with zero attached hydrogens (tertiary/aromatic N) is 5. The lowest BCUT2D eigenvalue weighted by Crippen LogP contribution is -2.44. The molecular formula is C24H22F2N6O4. The van der Waals surface area contributed by atoms with Gasteiger partial charge in [-0.15, -0.1) is 0 Å². The summed E-state index contributed by atoms with van der Waals surface area (Å²) in [7, 11) is 0. The lowest BCUT2D eigenvalue weighted by molar-refractivity contribution is -0.172. The van der Waals surface area contributed by atoms with Crippen LogP contribution in [0.1, 0.15) is 48.6 Å². The van der Waals surface area contributed by atoms with E-state index in [4.69, 9.17) is 10.3 Å². The van der Waals surface area contributed by atoms with Gasteiger partial charge in [-0.1, -0.05) is 18.1 Å². The molecule has 1 unspecified atom stereocenters. The molecule has 2 aliphatic rings. The molecular weight excluding hydrogens is 474 g/mol. The summed E-state index contributed by atoms with van der Waals surface area (Å²) in [6.45, 7) is 3.44. The number of nitrogens with one attached hydrogen (secondary N) is 1. The molecule has 3 aromatic rings. The average molecular weight is 496 g/mol. The van der Waals surface area contributed by atoms with Gasteiger partial charge in [0, 0.05) is 35.2 Å². The molecule has 12 heteroatoms. The first-order chi connectivity index (χ1) is 17.2. The van der Waals surface area contributed by atoms with Gasteiger partial charge in [-0.25, -0.2) is 18.6 Å². The van der Waals surface area contributed by atoms with Crippen LogP contribution < -0.4 is 10.9 Å². The van der Waals surface area contributed by atoms with Crippen LogP contribution in [0, 0.1) is 11.6 Å². The number of rotatable bonds is 6. The van der Waals surface area contributed by atoms with E-state index in [2.05, 4.69) is 20.3 Å². The van der Waals surface area contributed by atoms with Gasteiger partial charge in [0.1, 0.15) is 18.2 Å². The predicted molar refractivity (Wildman–Crippen MR) is 125 cm³/mol. The number of benzene rings is 1. The third kappa shape index (κ3) is 3.37. The second-order valence-corrected chi connectivity index (χ2v) is 8.85. The van der Waals surface area contributed by atoms with Crippen LogP contribution in [-0.2, 0) is 28.3 Å². The molecule has 36 heavy (non-hydrogen) atoms. The lowest BCUT2D eigenvalue weighted by Gasteiger charge is -2.31. The molecule has 0 amide bonds. The molecule has 1 aromatic carbocycles. The summed E-state index contributed by atoms with van der Waals surface area (Å²) in [4.78, 5) is 32.9. The van der Waals surface area contributed by atoms with Crippen molar-refractivity contribution in [2.75, 3.05) is 13.1 Å². The molecule has 2 aliphatic heterocycles. The molecule has 5 rings (SSSR count). The first kappa shape index (κ1) is 23.9. The Kier molecular flexibility index (Phi) is 5.74. The van der Waals surface area contributed by atoms with Crippen LogP contribution in [0.3, 0.4) is 0 Å². The summed E-state index contributed by atoms with van der Waals surface area (Å²) in [6, 6.07) is 3.75. The van der Waals surface area contributed by atoms with Crippen LogP contribution in [0.5, 0.6) is 0 Å². The van der Waals surface area contributed by atoms with Crippen molar-refractivity contribution in [3.63, 3.8) is 0 Å². The van der Waals surface area contributed by atoms with Gasteiger partial charge in [0.25, 0.3) is 5.56 Å². The normalized spacial score (nSPS) is 18.8. The van der Waals surface area contributed by atoms with Crippen LogP contribution in [0.2, 0.25) is 0 Å². The van der Waals surface area contributed by atoms with Gasteiger partial charge in [-0.3, -0.25) is 4.79 Å². The number of esters is 1. The monoisotopic (exact) mass is 496 g/mol. The summed E-state index contributed by atoms with van der Waals surface area (Å²) in [5.74, 6) is -2.47. The van der Waals surface area contributed by atoms with Crippen LogP contribution in [0.4, 0.5) is 8.78 Å². The Hall–Kier alpha value is -3.86. The molecule has 0 radical (unpaired) electrons. The number of hydrogen-bond donors (Lipinski definition) is 2. The largest absolute Gasteiger partial charge is 0.458 e. The quantitative estimate of drug-likeness (QED) is 0.138. The van der Waals surface area contributed by atoms with Crippen LogP contribution in [0.25, 0.3) is 32.7 Å². The molecule has 186 valence electrons. The molecule has 0 saturated carbocycles. The van der Waals surface area contributed by atoms with Crippen molar-refractivity contribution in [3.05, 3.63) is 72.9 Å². The van der Waals surface area contributed by atoms with E-state index in [0.29, 0.717) is 12.1 Å². The number of carbonyl (C=O) groups excluding carboxylic acids is 1. The summed E-state index contributed by atoms with van der Waals surface area (Å²) in [5.41, 5.74) is 7.16. The Balaban J connectivity index is 1.71. The van der Waals surface area contributed by atoms with E-state index in [1.54, 1.807) is 13.8 Å². The van der Waals surface area contributed by atoms with Gasteiger partial charge in [-0.2, -0.15) is 0 Å². The lowest BCUT2D eigenvalue weighted by atomic mass is 9.86. The molecule has 0 fully saturated rings. The van der Waals surface area contributed by atoms with E-state index in [1.807, 2.05) is 0 Å². The number of cyclic esters (lactones) is 1. The maximum Gasteiger partial charge on any atom is 0.343 e. The van der Waals surface area contributed by atoms with Gasteiger partial charge < -0.3 is 19.7 Å². The first-order valence-electron chi connectivity index (χ1n) is 11.4. The minimum absolute atomic E-state index is 0.0253. The Labute approximate surface area is 203 Å². The summed E-state index contributed by atoms with van der Waals surface area (Å²) < 4.78 is 37.0. The second-order valence-electron chi connectivity index (χ2n) is 8.85. The molecule has 0 saturated heterocycles. The van der Waals surface area contributed by atoms with E-state index in [-0.39, 0.29) is 71.1 Å². The maximum absolute atomic E-state index is 15.8. The highest BCUT2D eigenvalue weighted by Gasteiger charge is 2.45. The minimum Gasteiger partial charge on any atom is -0.458 e. The highest BCUT2D eigenvalue weighted by Crippen LogP contribution is 2.41. The second kappa shape index (κ2) is 8.66. The molecule has 2 atom stereocenters. The number of carbonyl (C=O) groups is 1. The van der Waals surface area contributed by atoms with Gasteiger partial charge in [0.2, 0.25) is 0 Å². The van der Waals surface area contributed by atoms with Gasteiger partial charge in [-0.05, 0) is 36.6 Å². The van der Waals surface area contributed by atoms with Crippen LogP contribution in [-0.4, -0.2) is 33.7 Å². The number of hydrogen-bond acceptors (Lipinski definition) is 7. The first-order valence-corrected chi connectivity index (χ1v) is 11.4. The molecule has 4 heterocycles. The third-order valence-electron chi connectivity index (χ3n) is 6.95. The van der Waals surface area contributed by atoms with E-state index in [1.165, 1.54) is 16.7 Å². The fourth-order valence-electron chi connectivity index (χ4n) is 4.95. The van der Waals surface area contributed by atoms with E-state index in [0.717, 1.165) is 6.07 Å². The zero-order chi connectivity index (χ0) is 25.8. The Morgan fingerprint density at radius 1 is 1.36 bits per heavy atom. The molecule has 0 aliphatic carbocycles. The van der Waals surface area contributed by atoms with Crippen molar-refractivity contribution < 1.29 is 23.4 Å². The minimum atomic E-state index is -2.01. The van der Waals surface area contributed by atoms with Crippen LogP contribution in [0.15, 0.2) is 28.1 Å². The third-order valence-corrected chi connectivity index (χ3v) is 6.95. The van der Waals surface area contributed by atoms with Gasteiger partial charge >= 0.3 is 5.97 Å². The van der Waals surface area contributed by atoms with E-state index in [9.17, 15) is 19.1 Å². The number of azide groups is 1. The number of aliphatic hydroxyl groups is 1. The Morgan fingerprint density at radius 3 is 2.86 bits per heavy atom. The maximum atomic E-state index is 15.8. The number of halogens is 2. The van der Waals surface area contributed by atoms with E-state index < -0.39 is 28.8 Å². The molecule has 10 nitrogen and oxygen atoms in total. The number of ether oxygens (including phenoxy) is 1. The number of pyridine rings is 2. The van der Waals surface area contributed by atoms with Crippen molar-refractivity contribution in [1.82, 2.24) is 14.9 Å². The summed E-state index contributed by atoms with van der Waals surface area (Å²) >= 11 is 0. The predicted octanol–water partition coefficient (Wildman–Crippen LogP) is 3.32. The van der Waals surface area contributed by atoms with Crippen molar-refractivity contribution in [3.8, 4) is 11.4 Å². The molecule has 0 spiro atoms. The fraction of sp³-hybridized carbons (Fsp3) is 0.375. The molecule has 2 N–H and O–H groups in total. The fourth-order valence-corrected chi connectivity index (χ4v) is 4.95. The van der Waals surface area contributed by atoms with Gasteiger partial charge in [0.15, 0.2) is 5.60 Å². The highest BCUT2D eigenvalue weighted by molar-refractivity contribution is 5.89. The Morgan fingerprint density at radius 2 is 2.14 bits per heavy atom. The van der Waals surface area contributed by atoms with Crippen molar-refractivity contribution in [1.29, 1.82) is 0 Å². The van der Waals surface area contributed by atoms with E-state index >= 15 is 4.39 Å². The SMILES string of the molecule is CC[C@@]1(O)C(=O)OCc2c1cc1n(c2=O)Cc2c-1nc1c(C(C)NCCN=[N+]=[N-])ccc(F)c1c2F. The number of aromatic nitrogens is 2. The Bertz CT molecular complexity index is 1550. The smallest absolute Gasteiger partial charge is 0.343 e. The topological polar surface area (TPSA) is 142 Å². The standard InChI is InChI=1S/C24H22F2N6O4/c1-3-24(35)15-8-17-20-13(9-32(17)22(33)14(15)10-36-23(24)34)19(26)18-16(25)5-4-12(21(18)30-20)11(2)28-6-7-29-31-27/h4-5,8,11,28,35H,3,6-7,9-10H2,1-2H3/t11?,24-/m0/s1. The van der Waals surface area contributed by atoms with Gasteiger partial charge in [0.05, 0.1) is 34.4 Å². The zero-order valence-electron chi connectivity index (χ0n) is 19.5. The highest BCUT2D eigenvalue weighted by atomic mass is 19.1. The molecule has 2 aromatic heterocycles. The number of fused-ring (bicyclic) bond motifs is 5. The zero-order valence-corrected chi connectivity index (χ0v) is 19.5. The average Bonchev–Trinajstić information content (AvgIpc) is 3.24. The van der Waals surface area contributed by atoms with Crippen molar-refractivity contribution in [2.45, 2.75) is 45.1 Å². The van der Waals surface area contributed by atoms with Crippen molar-refractivity contribution in [2.24, 2.45) is 5.11 Å². The van der Waals surface area contributed by atoms with Crippen molar-refractivity contribution >= 4 is 16.9 Å². The van der Waals surface area contributed by atoms with Crippen LogP contribution >= 0.6 is 0 Å². The summed E-state index contributed by atoms with van der Waals surface area (Å²) in [5, 5.41) is 17.3. The molecule has 0 bridgehead atoms. The summed E-state index contributed by atoms with van der Waals surface area (Å²) in [6.07, 6.45) is -0.0253.